The van der Waals surface area contributed by atoms with Gasteiger partial charge in [-0.15, -0.1) is 0 Å². The molecular formula is C3H5BrNO. The van der Waals surface area contributed by atoms with Crippen molar-refractivity contribution in [1.82, 2.24) is 5.32 Å². The maximum absolute atomic E-state index is 9.97. The number of nitrogens with zero attached hydrogens (tertiary/aromatic N) is 1. The Morgan fingerprint density at radius 1 is 2.00 bits per heavy atom. The third kappa shape index (κ3) is 2.20. The molecule has 0 aromatic rings. The molecule has 1 amide bonds. The lowest BCUT2D eigenvalue weighted by molar-refractivity contribution is -0.118. The van der Waals surface area contributed by atoms with Crippen LogP contribution < -0.4 is 5.32 Å². The molecule has 6 heavy (non-hydrogen) atoms. The number of carbonyl (C=O) groups is 1. The lowest BCUT2D eigenvalue weighted by Crippen LogP contribution is -2.10. The first-order valence-electron chi connectivity index (χ1n) is 1.50. The quantitative estimate of drug-likeness (QED) is 0.490. The zero-order chi connectivity index (χ0) is 4.99. The molecule has 3 heteroatoms. The largest absolute Gasteiger partial charge is 0.272 e. The monoisotopic (exact) mass is 150 g/mol. The molecule has 0 aliphatic rings. The third-order valence-corrected chi connectivity index (χ3v) is 0.843. The molecule has 0 aliphatic carbocycles. The Balaban J connectivity index is 2.99. The van der Waals surface area contributed by atoms with E-state index in [1.807, 2.05) is 0 Å². The molecule has 0 fully saturated rings. The molecule has 2 nitrogen and oxygen atoms in total. The van der Waals surface area contributed by atoms with Crippen molar-refractivity contribution in [1.29, 1.82) is 0 Å². The highest BCUT2D eigenvalue weighted by Crippen LogP contribution is 1.75. The van der Waals surface area contributed by atoms with Crippen LogP contribution in [0, 0.1) is 0 Å². The molecule has 0 N–H and O–H groups in total. The Bertz CT molecular complexity index is 48.8. The molecule has 0 heterocycles. The van der Waals surface area contributed by atoms with E-state index in [0.717, 1.165) is 0 Å². The molecule has 0 aromatic carbocycles. The summed E-state index contributed by atoms with van der Waals surface area (Å²) in [6.07, 6.45) is 0. The average molecular weight is 151 g/mol. The van der Waals surface area contributed by atoms with E-state index < -0.39 is 0 Å². The third-order valence-electron chi connectivity index (χ3n) is 0.364. The van der Waals surface area contributed by atoms with E-state index in [4.69, 9.17) is 0 Å². The second-order valence-electron chi connectivity index (χ2n) is 0.751. The van der Waals surface area contributed by atoms with Crippen molar-refractivity contribution in [3.05, 3.63) is 0 Å². The predicted molar refractivity (Wildman–Crippen MR) is 26.9 cm³/mol. The summed E-state index contributed by atoms with van der Waals surface area (Å²) in [5.41, 5.74) is 0. The molecule has 0 atom stereocenters. The summed E-state index contributed by atoms with van der Waals surface area (Å²) in [6.45, 7) is 0. The fourth-order valence-electron chi connectivity index (χ4n) is 0.0598. The van der Waals surface area contributed by atoms with Gasteiger partial charge in [0.05, 0.1) is 5.33 Å². The van der Waals surface area contributed by atoms with Crippen LogP contribution in [0.4, 0.5) is 0 Å². The summed E-state index contributed by atoms with van der Waals surface area (Å²) in [7, 11) is 1.48. The summed E-state index contributed by atoms with van der Waals surface area (Å²) >= 11 is 2.93. The first kappa shape index (κ1) is 5.95. The van der Waals surface area contributed by atoms with E-state index in [1.54, 1.807) is 0 Å². The van der Waals surface area contributed by atoms with Gasteiger partial charge in [0.2, 0.25) is 0 Å². The highest BCUT2D eigenvalue weighted by molar-refractivity contribution is 9.09. The van der Waals surface area contributed by atoms with Crippen LogP contribution in [0.25, 0.3) is 0 Å². The molecule has 0 saturated heterocycles. The Labute approximate surface area is 45.0 Å². The highest BCUT2D eigenvalue weighted by Gasteiger charge is 1.89. The molecular weight excluding hydrogens is 146 g/mol. The van der Waals surface area contributed by atoms with Crippen molar-refractivity contribution in [2.45, 2.75) is 0 Å². The summed E-state index contributed by atoms with van der Waals surface area (Å²) in [6, 6.07) is 0. The number of hydrogen-bond donors (Lipinski definition) is 0. The molecule has 1 radical (unpaired) electrons. The van der Waals surface area contributed by atoms with Crippen LogP contribution in [0.1, 0.15) is 0 Å². The average Bonchev–Trinajstić information content (AvgIpc) is 1.65. The number of carbonyl (C=O) groups excluding carboxylic acids is 1. The molecule has 0 aromatic heterocycles. The summed E-state index contributed by atoms with van der Waals surface area (Å²) in [4.78, 5) is 9.97. The van der Waals surface area contributed by atoms with Crippen LogP contribution in [0.3, 0.4) is 0 Å². The standard InChI is InChI=1S/C3H5BrNO/c1-5-3(6)2-4/h2H2,1H3. The van der Waals surface area contributed by atoms with Gasteiger partial charge in [-0.2, -0.15) is 0 Å². The van der Waals surface area contributed by atoms with Gasteiger partial charge in [0, 0.05) is 7.05 Å². The topological polar surface area (TPSA) is 31.2 Å². The predicted octanol–water partition coefficient (Wildman–Crippen LogP) is 0.142. The van der Waals surface area contributed by atoms with Crippen molar-refractivity contribution < 1.29 is 4.79 Å². The normalized spacial score (nSPS) is 7.67. The maximum atomic E-state index is 9.97. The SMILES string of the molecule is C[N]C(=O)CBr. The van der Waals surface area contributed by atoms with E-state index in [2.05, 4.69) is 21.2 Å². The first-order valence-corrected chi connectivity index (χ1v) is 2.62. The second kappa shape index (κ2) is 3.15. The first-order chi connectivity index (χ1) is 2.81. The van der Waals surface area contributed by atoms with Crippen molar-refractivity contribution in [2.24, 2.45) is 0 Å². The number of hydrogen-bond acceptors (Lipinski definition) is 1. The minimum atomic E-state index is -0.116. The van der Waals surface area contributed by atoms with E-state index in [-0.39, 0.29) is 5.91 Å². The van der Waals surface area contributed by atoms with Crippen molar-refractivity contribution in [3.63, 3.8) is 0 Å². The van der Waals surface area contributed by atoms with Crippen LogP contribution in [0.2, 0.25) is 0 Å². The fraction of sp³-hybridized carbons (Fsp3) is 0.667. The van der Waals surface area contributed by atoms with Gasteiger partial charge in [-0.05, 0) is 0 Å². The minimum absolute atomic E-state index is 0.116. The van der Waals surface area contributed by atoms with Crippen LogP contribution in [0.15, 0.2) is 0 Å². The van der Waals surface area contributed by atoms with Crippen LogP contribution in [0.5, 0.6) is 0 Å². The number of rotatable bonds is 1. The van der Waals surface area contributed by atoms with Crippen molar-refractivity contribution in [2.75, 3.05) is 12.4 Å². The van der Waals surface area contributed by atoms with Gasteiger partial charge in [0.15, 0.2) is 0 Å². The van der Waals surface area contributed by atoms with Gasteiger partial charge >= 0.3 is 0 Å². The van der Waals surface area contributed by atoms with Gasteiger partial charge in [0.25, 0.3) is 5.91 Å². The molecule has 0 aliphatic heterocycles. The minimum Gasteiger partial charge on any atom is -0.272 e. The Kier molecular flexibility index (Phi) is 3.13. The van der Waals surface area contributed by atoms with Crippen LogP contribution >= 0.6 is 15.9 Å². The van der Waals surface area contributed by atoms with Crippen molar-refractivity contribution >= 4 is 21.8 Å². The zero-order valence-electron chi connectivity index (χ0n) is 3.44. The summed E-state index contributed by atoms with van der Waals surface area (Å²) < 4.78 is 0. The van der Waals surface area contributed by atoms with Crippen LogP contribution in [-0.2, 0) is 4.79 Å². The van der Waals surface area contributed by atoms with Crippen LogP contribution in [-0.4, -0.2) is 18.3 Å². The summed E-state index contributed by atoms with van der Waals surface area (Å²) in [5, 5.41) is 3.66. The van der Waals surface area contributed by atoms with Gasteiger partial charge in [-0.1, -0.05) is 15.9 Å². The summed E-state index contributed by atoms with van der Waals surface area (Å²) in [5.74, 6) is -0.116. The molecule has 0 bridgehead atoms. The van der Waals surface area contributed by atoms with E-state index >= 15 is 0 Å². The fourth-order valence-corrected chi connectivity index (χ4v) is 0.311. The van der Waals surface area contributed by atoms with E-state index in [9.17, 15) is 4.79 Å². The Morgan fingerprint density at radius 2 is 2.50 bits per heavy atom. The molecule has 0 saturated carbocycles. The van der Waals surface area contributed by atoms with Gasteiger partial charge in [-0.3, -0.25) is 10.1 Å². The van der Waals surface area contributed by atoms with Gasteiger partial charge < -0.3 is 0 Å². The number of amides is 1. The Hall–Kier alpha value is -0.0500. The van der Waals surface area contributed by atoms with E-state index in [0.29, 0.717) is 5.33 Å². The smallest absolute Gasteiger partial charge is 0.251 e. The zero-order valence-corrected chi connectivity index (χ0v) is 5.03. The van der Waals surface area contributed by atoms with Gasteiger partial charge in [0.1, 0.15) is 0 Å². The molecule has 0 unspecified atom stereocenters. The van der Waals surface area contributed by atoms with Crippen molar-refractivity contribution in [3.8, 4) is 0 Å². The lowest BCUT2D eigenvalue weighted by atomic mass is 10.7. The Morgan fingerprint density at radius 3 is 2.50 bits per heavy atom. The second-order valence-corrected chi connectivity index (χ2v) is 1.31. The van der Waals surface area contributed by atoms with Gasteiger partial charge in [-0.25, -0.2) is 0 Å². The molecule has 0 rings (SSSR count). The number of alkyl halides is 1. The molecule has 0 spiro atoms. The highest BCUT2D eigenvalue weighted by atomic mass is 79.9. The maximum Gasteiger partial charge on any atom is 0.251 e. The van der Waals surface area contributed by atoms with E-state index in [1.165, 1.54) is 7.05 Å². The number of halogens is 1. The molecule has 35 valence electrons. The lowest BCUT2D eigenvalue weighted by Gasteiger charge is -1.81.